The number of benzene rings is 3. The van der Waals surface area contributed by atoms with Gasteiger partial charge in [-0.25, -0.2) is 0 Å². The van der Waals surface area contributed by atoms with Crippen LogP contribution in [-0.2, 0) is 15.0 Å². The van der Waals surface area contributed by atoms with Crippen molar-refractivity contribution < 1.29 is 9.59 Å². The smallest absolute Gasteiger partial charge is 0.260 e. The number of hydrogen-bond acceptors (Lipinski definition) is 6. The van der Waals surface area contributed by atoms with Gasteiger partial charge in [-0.1, -0.05) is 90.3 Å². The van der Waals surface area contributed by atoms with Gasteiger partial charge in [0.2, 0.25) is 0 Å². The number of aromatic amines is 1. The number of nitrogens with zero attached hydrogens (tertiary/aromatic N) is 3. The van der Waals surface area contributed by atoms with Gasteiger partial charge in [-0.05, 0) is 35.4 Å². The second-order valence-electron chi connectivity index (χ2n) is 10.2. The Labute approximate surface area is 233 Å². The first-order valence-electron chi connectivity index (χ1n) is 12.5. The van der Waals surface area contributed by atoms with E-state index in [1.54, 1.807) is 11.9 Å². The van der Waals surface area contributed by atoms with Gasteiger partial charge in [-0.15, -0.1) is 0 Å². The number of thiocarbonyl (C=S) groups is 1. The predicted octanol–water partition coefficient (Wildman–Crippen LogP) is 5.42. The molecule has 2 bridgehead atoms. The third-order valence-electron chi connectivity index (χ3n) is 8.50. The summed E-state index contributed by atoms with van der Waals surface area (Å²) in [4.78, 5) is 36.8. The monoisotopic (exact) mass is 554 g/mol. The number of aromatic nitrogens is 1. The summed E-state index contributed by atoms with van der Waals surface area (Å²) >= 11 is 8.46. The Balaban J connectivity index is 1.50. The largest absolute Gasteiger partial charge is 0.361 e. The van der Waals surface area contributed by atoms with Gasteiger partial charge in [0.05, 0.1) is 5.41 Å². The van der Waals surface area contributed by atoms with Crippen LogP contribution in [0.3, 0.4) is 0 Å². The molecule has 0 aliphatic carbocycles. The molecule has 1 spiro atoms. The van der Waals surface area contributed by atoms with Crippen LogP contribution in [0.4, 0.5) is 11.4 Å². The third kappa shape index (κ3) is 2.59. The zero-order valence-corrected chi connectivity index (χ0v) is 22.8. The summed E-state index contributed by atoms with van der Waals surface area (Å²) in [6.45, 7) is 0. The maximum Gasteiger partial charge on any atom is 0.260 e. The number of amides is 2. The Morgan fingerprint density at radius 2 is 1.68 bits per heavy atom. The molecule has 9 heteroatoms. The highest BCUT2D eigenvalue weighted by Gasteiger charge is 2.75. The second-order valence-corrected chi connectivity index (χ2v) is 13.8. The minimum Gasteiger partial charge on any atom is -0.361 e. The lowest BCUT2D eigenvalue weighted by Crippen LogP contribution is -2.68. The van der Waals surface area contributed by atoms with Crippen molar-refractivity contribution in [1.29, 1.82) is 0 Å². The molecule has 1 N–H and O–H groups in total. The number of anilines is 2. The fourth-order valence-corrected chi connectivity index (χ4v) is 10.4. The van der Waals surface area contributed by atoms with Crippen molar-refractivity contribution in [2.45, 2.75) is 28.2 Å². The number of H-pyrrole nitrogens is 1. The summed E-state index contributed by atoms with van der Waals surface area (Å²) in [6.07, 6.45) is 2.07. The molecule has 5 aliphatic heterocycles. The second kappa shape index (κ2) is 7.65. The summed E-state index contributed by atoms with van der Waals surface area (Å²) in [5, 5.41) is 0.430. The maximum absolute atomic E-state index is 14.4. The van der Waals surface area contributed by atoms with Gasteiger partial charge in [0, 0.05) is 41.9 Å². The molecule has 1 aromatic heterocycles. The van der Waals surface area contributed by atoms with Crippen molar-refractivity contribution in [1.82, 2.24) is 14.8 Å². The Kier molecular flexibility index (Phi) is 4.57. The number of nitrogens with one attached hydrogen (secondary N) is 1. The highest BCUT2D eigenvalue weighted by molar-refractivity contribution is 8.48. The predicted molar refractivity (Wildman–Crippen MR) is 156 cm³/mol. The number of rotatable bonds is 2. The molecule has 6 heterocycles. The molecule has 0 radical (unpaired) electrons. The fraction of sp³-hybridized carbons (Fsp3) is 0.207. The van der Waals surface area contributed by atoms with Crippen molar-refractivity contribution in [3.63, 3.8) is 0 Å². The molecular weight excluding hydrogens is 533 g/mol. The van der Waals surface area contributed by atoms with Gasteiger partial charge in [-0.2, -0.15) is 0 Å². The summed E-state index contributed by atoms with van der Waals surface area (Å²) in [5.74, 6) is -0.122. The first-order chi connectivity index (χ1) is 18.5. The van der Waals surface area contributed by atoms with Crippen molar-refractivity contribution in [3.05, 3.63) is 96.2 Å². The number of thioether (sulfide) groups is 2. The average molecular weight is 555 g/mol. The van der Waals surface area contributed by atoms with E-state index in [9.17, 15) is 9.59 Å². The van der Waals surface area contributed by atoms with Crippen molar-refractivity contribution >= 4 is 73.4 Å². The normalized spacial score (nSPS) is 29.6. The lowest BCUT2D eigenvalue weighted by molar-refractivity contribution is -0.157. The van der Waals surface area contributed by atoms with E-state index in [1.807, 2.05) is 41.3 Å². The van der Waals surface area contributed by atoms with Crippen LogP contribution in [-0.4, -0.2) is 53.6 Å². The van der Waals surface area contributed by atoms with E-state index < -0.39 is 21.8 Å². The van der Waals surface area contributed by atoms with Gasteiger partial charge in [0.15, 0.2) is 10.2 Å². The number of piperazine rings is 1. The Bertz CT molecular complexity index is 1690. The van der Waals surface area contributed by atoms with Crippen LogP contribution in [0.15, 0.2) is 85.1 Å². The summed E-state index contributed by atoms with van der Waals surface area (Å²) in [6, 6.07) is 26.9. The molecule has 3 aromatic carbocycles. The van der Waals surface area contributed by atoms with E-state index in [0.29, 0.717) is 9.95 Å². The van der Waals surface area contributed by atoms with E-state index in [2.05, 4.69) is 58.5 Å². The molecule has 38 heavy (non-hydrogen) atoms. The highest BCUT2D eigenvalue weighted by atomic mass is 32.2. The molecular formula is C29H22N4O2S3. The van der Waals surface area contributed by atoms with Crippen LogP contribution in [0.25, 0.3) is 10.9 Å². The molecule has 2 amide bonds. The molecule has 4 saturated heterocycles. The van der Waals surface area contributed by atoms with E-state index >= 15 is 0 Å². The molecule has 4 aromatic rings. The van der Waals surface area contributed by atoms with Gasteiger partial charge >= 0.3 is 0 Å². The molecule has 5 aliphatic rings. The van der Waals surface area contributed by atoms with Crippen molar-refractivity contribution in [2.75, 3.05) is 11.9 Å². The lowest BCUT2D eigenvalue weighted by Gasteiger charge is -2.47. The van der Waals surface area contributed by atoms with Crippen LogP contribution >= 0.6 is 35.7 Å². The lowest BCUT2D eigenvalue weighted by atomic mass is 9.72. The molecule has 6 nitrogen and oxygen atoms in total. The Hall–Kier alpha value is -3.27. The minimum absolute atomic E-state index is 0.0569. The zero-order chi connectivity index (χ0) is 25.8. The van der Waals surface area contributed by atoms with Gasteiger partial charge in [0.1, 0.15) is 9.69 Å². The molecule has 4 atom stereocenters. The first-order valence-corrected chi connectivity index (χ1v) is 14.6. The average Bonchev–Trinajstić information content (AvgIpc) is 3.53. The van der Waals surface area contributed by atoms with Crippen LogP contribution in [0.1, 0.15) is 17.5 Å². The maximum atomic E-state index is 14.4. The molecule has 9 rings (SSSR count). The number of carbonyl (C=O) groups excluding carboxylic acids is 2. The number of hydrogen-bond donors (Lipinski definition) is 1. The standard InChI is InChI=1S/C29H22N4O2S3/c1-31-24-23(34)33-25-28(16-29(33,26(31)35)38-27(36)37-24,20-15-30-21-13-7-5-11-18(20)21)19-12-6-8-14-22(19)32(25)17-9-3-2-4-10-17/h2-15,24-25,30H,16H2,1H3. The van der Waals surface area contributed by atoms with Crippen molar-refractivity contribution in [3.8, 4) is 0 Å². The molecule has 188 valence electrons. The minimum atomic E-state index is -1.13. The number of para-hydroxylation sites is 3. The highest BCUT2D eigenvalue weighted by Crippen LogP contribution is 2.67. The molecule has 4 unspecified atom stereocenters. The number of carbonyl (C=O) groups is 2. The molecule has 0 saturated carbocycles. The van der Waals surface area contributed by atoms with Crippen LogP contribution in [0.5, 0.6) is 0 Å². The van der Waals surface area contributed by atoms with E-state index in [-0.39, 0.29) is 11.8 Å². The van der Waals surface area contributed by atoms with Crippen LogP contribution in [0.2, 0.25) is 0 Å². The summed E-state index contributed by atoms with van der Waals surface area (Å²) < 4.78 is 0.636. The molecule has 4 fully saturated rings. The zero-order valence-electron chi connectivity index (χ0n) is 20.3. The number of fused-ring (bicyclic) bond motifs is 7. The third-order valence-corrected chi connectivity index (χ3v) is 11.5. The van der Waals surface area contributed by atoms with Crippen molar-refractivity contribution in [2.24, 2.45) is 0 Å². The van der Waals surface area contributed by atoms with E-state index in [0.717, 1.165) is 33.4 Å². The van der Waals surface area contributed by atoms with E-state index in [1.165, 1.54) is 23.5 Å². The van der Waals surface area contributed by atoms with Crippen LogP contribution < -0.4 is 4.90 Å². The Morgan fingerprint density at radius 3 is 2.53 bits per heavy atom. The van der Waals surface area contributed by atoms with Gasteiger partial charge in [0.25, 0.3) is 11.8 Å². The SMILES string of the molecule is CN1C(=O)C23CC4(c5c[nH]c6ccccc56)c5ccccc5N(c5ccccc5)C4N2C(=O)C1SC(=S)S3. The quantitative estimate of drug-likeness (QED) is 0.334. The van der Waals surface area contributed by atoms with Gasteiger partial charge in [-0.3, -0.25) is 14.5 Å². The fourth-order valence-electron chi connectivity index (χ4n) is 7.08. The first kappa shape index (κ1) is 22.7. The topological polar surface area (TPSA) is 59.7 Å². The number of likely N-dealkylation sites (N-methyl/N-ethyl adjacent to an activating group) is 1. The van der Waals surface area contributed by atoms with E-state index in [4.69, 9.17) is 12.2 Å². The van der Waals surface area contributed by atoms with Crippen LogP contribution in [0, 0.1) is 0 Å². The Morgan fingerprint density at radius 1 is 0.947 bits per heavy atom. The summed E-state index contributed by atoms with van der Waals surface area (Å²) in [7, 11) is 1.74. The van der Waals surface area contributed by atoms with Gasteiger partial charge < -0.3 is 14.8 Å². The summed E-state index contributed by atoms with van der Waals surface area (Å²) in [5.41, 5.74) is 4.61.